The van der Waals surface area contributed by atoms with Crippen molar-refractivity contribution < 1.29 is 19.1 Å². The summed E-state index contributed by atoms with van der Waals surface area (Å²) in [4.78, 5) is 39.3. The molecule has 0 N–H and O–H groups in total. The summed E-state index contributed by atoms with van der Waals surface area (Å²) in [5.41, 5.74) is 0.993. The summed E-state index contributed by atoms with van der Waals surface area (Å²) in [6.07, 6.45) is 3.14. The molecule has 1 heterocycles. The number of halogens is 1. The van der Waals surface area contributed by atoms with E-state index in [0.29, 0.717) is 28.8 Å². The average Bonchev–Trinajstić information content (AvgIpc) is 3.37. The van der Waals surface area contributed by atoms with Crippen LogP contribution >= 0.6 is 15.9 Å². The van der Waals surface area contributed by atoms with Crippen LogP contribution in [0.2, 0.25) is 0 Å². The van der Waals surface area contributed by atoms with Crippen molar-refractivity contribution in [1.82, 2.24) is 0 Å². The molecule has 6 heteroatoms. The van der Waals surface area contributed by atoms with Gasteiger partial charge in [0.15, 0.2) is 0 Å². The van der Waals surface area contributed by atoms with Crippen molar-refractivity contribution >= 4 is 39.4 Å². The van der Waals surface area contributed by atoms with E-state index in [4.69, 9.17) is 4.74 Å². The molecule has 1 saturated heterocycles. The predicted octanol–water partition coefficient (Wildman–Crippen LogP) is 4.20. The van der Waals surface area contributed by atoms with Crippen LogP contribution in [0, 0.1) is 23.7 Å². The van der Waals surface area contributed by atoms with E-state index in [1.165, 1.54) is 4.90 Å². The van der Waals surface area contributed by atoms with Gasteiger partial charge in [-0.2, -0.15) is 0 Å². The smallest absolute Gasteiger partial charge is 0.343 e. The third-order valence-corrected chi connectivity index (χ3v) is 6.84. The van der Waals surface area contributed by atoms with Crippen molar-refractivity contribution in [3.8, 4) is 5.75 Å². The second-order valence-electron chi connectivity index (χ2n) is 7.79. The van der Waals surface area contributed by atoms with E-state index in [-0.39, 0.29) is 23.7 Å². The molecule has 4 atom stereocenters. The maximum Gasteiger partial charge on any atom is 0.343 e. The SMILES string of the molecule is O=C(Oc1ccc(N2C(=O)[C@@H]3[C@H]4CC[C@@H](C4)[C@H]3C2=O)cc1)c1ccc(Br)cc1. The average molecular weight is 440 g/mol. The molecule has 2 bridgehead atoms. The standard InChI is InChI=1S/C22H18BrNO4/c23-15-5-3-12(4-6-15)22(27)28-17-9-7-16(8-10-17)24-20(25)18-13-1-2-14(11-13)19(18)21(24)26/h3-10,13-14,18-19H,1-2,11H2/t13-,14-,18+,19+/m0/s1. The number of benzene rings is 2. The van der Waals surface area contributed by atoms with Crippen LogP contribution in [0.3, 0.4) is 0 Å². The molecule has 142 valence electrons. The van der Waals surface area contributed by atoms with Crippen LogP contribution in [-0.4, -0.2) is 17.8 Å². The molecule has 2 aromatic rings. The number of nitrogens with zero attached hydrogens (tertiary/aromatic N) is 1. The molecule has 1 aliphatic heterocycles. The Bertz CT molecular complexity index is 941. The first-order valence-electron chi connectivity index (χ1n) is 9.48. The molecule has 5 nitrogen and oxygen atoms in total. The summed E-state index contributed by atoms with van der Waals surface area (Å²) < 4.78 is 6.27. The van der Waals surface area contributed by atoms with Crippen LogP contribution in [0.5, 0.6) is 5.75 Å². The molecule has 2 aliphatic carbocycles. The molecule has 0 spiro atoms. The quantitative estimate of drug-likeness (QED) is 0.408. The van der Waals surface area contributed by atoms with Crippen LogP contribution in [0.25, 0.3) is 0 Å². The minimum atomic E-state index is -0.459. The number of imide groups is 1. The molecule has 0 radical (unpaired) electrons. The van der Waals surface area contributed by atoms with Crippen molar-refractivity contribution in [2.75, 3.05) is 4.90 Å². The van der Waals surface area contributed by atoms with Crippen molar-refractivity contribution in [3.05, 3.63) is 58.6 Å². The van der Waals surface area contributed by atoms with E-state index in [1.54, 1.807) is 48.5 Å². The van der Waals surface area contributed by atoms with Gasteiger partial charge in [-0.3, -0.25) is 14.5 Å². The maximum absolute atomic E-state index is 12.9. The van der Waals surface area contributed by atoms with Crippen molar-refractivity contribution in [3.63, 3.8) is 0 Å². The van der Waals surface area contributed by atoms with E-state index in [2.05, 4.69) is 15.9 Å². The Kier molecular flexibility index (Phi) is 4.12. The third kappa shape index (κ3) is 2.70. The number of esters is 1. The number of anilines is 1. The van der Waals surface area contributed by atoms with Gasteiger partial charge in [0.05, 0.1) is 23.1 Å². The summed E-state index contributed by atoms with van der Waals surface area (Å²) in [6.45, 7) is 0. The molecule has 2 saturated carbocycles. The Hall–Kier alpha value is -2.47. The Morgan fingerprint density at radius 2 is 1.46 bits per heavy atom. The zero-order chi connectivity index (χ0) is 19.4. The van der Waals surface area contributed by atoms with Gasteiger partial charge in [-0.1, -0.05) is 15.9 Å². The van der Waals surface area contributed by atoms with Crippen molar-refractivity contribution in [1.29, 1.82) is 0 Å². The lowest BCUT2D eigenvalue weighted by Crippen LogP contribution is -2.32. The largest absolute Gasteiger partial charge is 0.423 e. The number of amides is 2. The summed E-state index contributed by atoms with van der Waals surface area (Å²) in [5.74, 6) is 0.229. The van der Waals surface area contributed by atoms with Crippen molar-refractivity contribution in [2.24, 2.45) is 23.7 Å². The zero-order valence-electron chi connectivity index (χ0n) is 15.0. The number of carbonyl (C=O) groups is 3. The number of fused-ring (bicyclic) bond motifs is 5. The van der Waals surface area contributed by atoms with E-state index < -0.39 is 5.97 Å². The summed E-state index contributed by atoms with van der Waals surface area (Å²) in [7, 11) is 0. The van der Waals surface area contributed by atoms with E-state index in [1.807, 2.05) is 0 Å². The fraction of sp³-hybridized carbons (Fsp3) is 0.318. The van der Waals surface area contributed by atoms with Crippen LogP contribution < -0.4 is 9.64 Å². The van der Waals surface area contributed by atoms with Crippen LogP contribution in [0.4, 0.5) is 5.69 Å². The predicted molar refractivity (Wildman–Crippen MR) is 106 cm³/mol. The Morgan fingerprint density at radius 3 is 2.04 bits per heavy atom. The second-order valence-corrected chi connectivity index (χ2v) is 8.70. The van der Waals surface area contributed by atoms with Gasteiger partial charge in [-0.15, -0.1) is 0 Å². The topological polar surface area (TPSA) is 63.7 Å². The lowest BCUT2D eigenvalue weighted by molar-refractivity contribution is -0.123. The zero-order valence-corrected chi connectivity index (χ0v) is 16.6. The normalized spacial score (nSPS) is 28.0. The fourth-order valence-corrected chi connectivity index (χ4v) is 5.34. The first-order chi connectivity index (χ1) is 13.5. The maximum atomic E-state index is 12.9. The van der Waals surface area contributed by atoms with Gasteiger partial charge in [0.1, 0.15) is 5.75 Å². The Morgan fingerprint density at radius 1 is 0.893 bits per heavy atom. The Balaban J connectivity index is 1.33. The van der Waals surface area contributed by atoms with Crippen LogP contribution in [0.15, 0.2) is 53.0 Å². The molecule has 0 aromatic heterocycles. The van der Waals surface area contributed by atoms with E-state index >= 15 is 0 Å². The van der Waals surface area contributed by atoms with E-state index in [9.17, 15) is 14.4 Å². The first-order valence-corrected chi connectivity index (χ1v) is 10.3. The van der Waals surface area contributed by atoms with Crippen molar-refractivity contribution in [2.45, 2.75) is 19.3 Å². The molecule has 5 rings (SSSR count). The third-order valence-electron chi connectivity index (χ3n) is 6.31. The second kappa shape index (κ2) is 6.55. The number of rotatable bonds is 3. The number of carbonyl (C=O) groups excluding carboxylic acids is 3. The summed E-state index contributed by atoms with van der Waals surface area (Å²) in [6, 6.07) is 13.5. The molecule has 3 aliphatic rings. The minimum Gasteiger partial charge on any atom is -0.423 e. The van der Waals surface area contributed by atoms with Gasteiger partial charge in [0.25, 0.3) is 0 Å². The van der Waals surface area contributed by atoms with Gasteiger partial charge >= 0.3 is 5.97 Å². The number of hydrogen-bond donors (Lipinski definition) is 0. The molecule has 2 amide bonds. The highest BCUT2D eigenvalue weighted by Gasteiger charge is 2.61. The Labute approximate surface area is 170 Å². The molecule has 3 fully saturated rings. The number of ether oxygens (including phenoxy) is 1. The van der Waals surface area contributed by atoms with Gasteiger partial charge in [-0.05, 0) is 79.6 Å². The summed E-state index contributed by atoms with van der Waals surface area (Å²) in [5, 5.41) is 0. The van der Waals surface area contributed by atoms with Gasteiger partial charge in [-0.25, -0.2) is 4.79 Å². The van der Waals surface area contributed by atoms with Gasteiger partial charge in [0, 0.05) is 4.47 Å². The highest BCUT2D eigenvalue weighted by atomic mass is 79.9. The first kappa shape index (κ1) is 17.6. The highest BCUT2D eigenvalue weighted by molar-refractivity contribution is 9.10. The fourth-order valence-electron chi connectivity index (χ4n) is 5.08. The molecular formula is C22H18BrNO4. The monoisotopic (exact) mass is 439 g/mol. The molecule has 0 unspecified atom stereocenters. The highest BCUT2D eigenvalue weighted by Crippen LogP contribution is 2.56. The van der Waals surface area contributed by atoms with Gasteiger partial charge < -0.3 is 4.74 Å². The lowest BCUT2D eigenvalue weighted by Gasteiger charge is -2.19. The minimum absolute atomic E-state index is 0.0678. The molecule has 2 aromatic carbocycles. The number of hydrogen-bond acceptors (Lipinski definition) is 4. The summed E-state index contributed by atoms with van der Waals surface area (Å²) >= 11 is 3.33. The molecule has 28 heavy (non-hydrogen) atoms. The van der Waals surface area contributed by atoms with Crippen LogP contribution in [0.1, 0.15) is 29.6 Å². The van der Waals surface area contributed by atoms with E-state index in [0.717, 1.165) is 23.7 Å². The van der Waals surface area contributed by atoms with Crippen LogP contribution in [-0.2, 0) is 9.59 Å². The molecular weight excluding hydrogens is 422 g/mol. The van der Waals surface area contributed by atoms with Gasteiger partial charge in [0.2, 0.25) is 11.8 Å². The lowest BCUT2D eigenvalue weighted by atomic mass is 9.81.